The van der Waals surface area contributed by atoms with Gasteiger partial charge >= 0.3 is 0 Å². The SMILES string of the molecule is Cc1cc(C(=O)CCC(=O)N(Cc2ccccc2O)CC2CCCO2)c(C)s1. The number of phenolic OH excluding ortho intramolecular Hbond substituents is 1. The number of nitrogens with zero attached hydrogens (tertiary/aromatic N) is 1. The van der Waals surface area contributed by atoms with Gasteiger partial charge in [0.2, 0.25) is 5.91 Å². The van der Waals surface area contributed by atoms with Gasteiger partial charge in [-0.05, 0) is 38.8 Å². The van der Waals surface area contributed by atoms with Gasteiger partial charge in [0.15, 0.2) is 5.78 Å². The first-order valence-corrected chi connectivity index (χ1v) is 10.5. The van der Waals surface area contributed by atoms with Gasteiger partial charge in [0, 0.05) is 53.4 Å². The van der Waals surface area contributed by atoms with Crippen molar-refractivity contribution in [3.05, 3.63) is 51.2 Å². The molecule has 1 unspecified atom stereocenters. The van der Waals surface area contributed by atoms with Crippen LogP contribution in [0.4, 0.5) is 0 Å². The van der Waals surface area contributed by atoms with Crippen LogP contribution in [0.1, 0.15) is 51.4 Å². The van der Waals surface area contributed by atoms with Crippen LogP contribution in [0.5, 0.6) is 5.75 Å². The lowest BCUT2D eigenvalue weighted by molar-refractivity contribution is -0.133. The number of para-hydroxylation sites is 1. The van der Waals surface area contributed by atoms with Crippen LogP contribution >= 0.6 is 11.3 Å². The zero-order valence-electron chi connectivity index (χ0n) is 16.4. The highest BCUT2D eigenvalue weighted by atomic mass is 32.1. The van der Waals surface area contributed by atoms with Crippen LogP contribution in [0.25, 0.3) is 0 Å². The van der Waals surface area contributed by atoms with E-state index in [4.69, 9.17) is 4.74 Å². The molecule has 0 spiro atoms. The zero-order valence-corrected chi connectivity index (χ0v) is 17.3. The molecule has 1 aromatic heterocycles. The number of hydrogen-bond donors (Lipinski definition) is 1. The normalized spacial score (nSPS) is 16.3. The van der Waals surface area contributed by atoms with E-state index in [1.165, 1.54) is 0 Å². The van der Waals surface area contributed by atoms with Crippen LogP contribution in [0, 0.1) is 13.8 Å². The molecule has 1 N–H and O–H groups in total. The van der Waals surface area contributed by atoms with Crippen molar-refractivity contribution in [2.45, 2.75) is 52.2 Å². The lowest BCUT2D eigenvalue weighted by Crippen LogP contribution is -2.37. The molecule has 2 heterocycles. The second-order valence-electron chi connectivity index (χ2n) is 7.29. The molecule has 1 atom stereocenters. The molecule has 1 amide bonds. The number of ketones is 1. The lowest BCUT2D eigenvalue weighted by atomic mass is 10.1. The maximum absolute atomic E-state index is 12.9. The highest BCUT2D eigenvalue weighted by molar-refractivity contribution is 7.12. The van der Waals surface area contributed by atoms with E-state index >= 15 is 0 Å². The first-order chi connectivity index (χ1) is 13.4. The smallest absolute Gasteiger partial charge is 0.223 e. The van der Waals surface area contributed by atoms with Crippen molar-refractivity contribution in [2.24, 2.45) is 0 Å². The van der Waals surface area contributed by atoms with Gasteiger partial charge < -0.3 is 14.7 Å². The third kappa shape index (κ3) is 5.20. The Morgan fingerprint density at radius 1 is 1.25 bits per heavy atom. The molecule has 0 aliphatic carbocycles. The second-order valence-corrected chi connectivity index (χ2v) is 8.75. The number of Topliss-reactive ketones (excluding diaryl/α,β-unsaturated/α-hetero) is 1. The van der Waals surface area contributed by atoms with Gasteiger partial charge in [-0.3, -0.25) is 9.59 Å². The number of ether oxygens (including phenoxy) is 1. The van der Waals surface area contributed by atoms with E-state index in [1.54, 1.807) is 28.4 Å². The number of aryl methyl sites for hydroxylation is 2. The molecule has 0 saturated carbocycles. The van der Waals surface area contributed by atoms with Crippen molar-refractivity contribution in [2.75, 3.05) is 13.2 Å². The summed E-state index contributed by atoms with van der Waals surface area (Å²) < 4.78 is 5.69. The van der Waals surface area contributed by atoms with Gasteiger partial charge in [-0.15, -0.1) is 11.3 Å². The average molecular weight is 402 g/mol. The number of carbonyl (C=O) groups is 2. The molecule has 2 aromatic rings. The molecular formula is C22H27NO4S. The number of carbonyl (C=O) groups excluding carboxylic acids is 2. The summed E-state index contributed by atoms with van der Waals surface area (Å²) in [6, 6.07) is 8.94. The van der Waals surface area contributed by atoms with E-state index in [1.807, 2.05) is 32.0 Å². The number of benzene rings is 1. The topological polar surface area (TPSA) is 66.8 Å². The largest absolute Gasteiger partial charge is 0.508 e. The van der Waals surface area contributed by atoms with E-state index in [2.05, 4.69) is 0 Å². The highest BCUT2D eigenvalue weighted by Gasteiger charge is 2.24. The Morgan fingerprint density at radius 2 is 2.04 bits per heavy atom. The predicted octanol–water partition coefficient (Wildman–Crippen LogP) is 4.24. The number of thiophene rings is 1. The van der Waals surface area contributed by atoms with Crippen molar-refractivity contribution in [3.63, 3.8) is 0 Å². The summed E-state index contributed by atoms with van der Waals surface area (Å²) in [7, 11) is 0. The number of aromatic hydroxyl groups is 1. The van der Waals surface area contributed by atoms with Crippen molar-refractivity contribution < 1.29 is 19.4 Å². The number of hydrogen-bond acceptors (Lipinski definition) is 5. The molecule has 1 aliphatic heterocycles. The molecule has 5 nitrogen and oxygen atoms in total. The maximum atomic E-state index is 12.9. The van der Waals surface area contributed by atoms with Gasteiger partial charge in [0.05, 0.1) is 6.10 Å². The Morgan fingerprint density at radius 3 is 2.68 bits per heavy atom. The minimum absolute atomic E-state index is 0.00910. The Labute approximate surface area is 169 Å². The fourth-order valence-corrected chi connectivity index (χ4v) is 4.50. The van der Waals surface area contributed by atoms with Crippen LogP contribution in [0.3, 0.4) is 0 Å². The molecule has 0 radical (unpaired) electrons. The molecule has 1 aliphatic rings. The molecular weight excluding hydrogens is 374 g/mol. The van der Waals surface area contributed by atoms with Gasteiger partial charge in [-0.25, -0.2) is 0 Å². The van der Waals surface area contributed by atoms with E-state index in [-0.39, 0.29) is 36.4 Å². The summed E-state index contributed by atoms with van der Waals surface area (Å²) in [6.45, 7) is 5.44. The molecule has 3 rings (SSSR count). The van der Waals surface area contributed by atoms with Crippen LogP contribution in [0.15, 0.2) is 30.3 Å². The van der Waals surface area contributed by atoms with Crippen molar-refractivity contribution in [3.8, 4) is 5.75 Å². The monoisotopic (exact) mass is 401 g/mol. The lowest BCUT2D eigenvalue weighted by Gasteiger charge is -2.26. The maximum Gasteiger partial charge on any atom is 0.223 e. The quantitative estimate of drug-likeness (QED) is 0.672. The van der Waals surface area contributed by atoms with Gasteiger partial charge in [0.25, 0.3) is 0 Å². The third-order valence-electron chi connectivity index (χ3n) is 5.06. The molecule has 1 aromatic carbocycles. The Bertz CT molecular complexity index is 839. The number of phenols is 1. The van der Waals surface area contributed by atoms with Crippen LogP contribution in [-0.2, 0) is 16.1 Å². The van der Waals surface area contributed by atoms with E-state index in [0.29, 0.717) is 18.7 Å². The molecule has 150 valence electrons. The Kier molecular flexibility index (Phi) is 6.86. The van der Waals surface area contributed by atoms with E-state index < -0.39 is 0 Å². The summed E-state index contributed by atoms with van der Waals surface area (Å²) in [4.78, 5) is 29.3. The fourth-order valence-electron chi connectivity index (χ4n) is 3.56. The highest BCUT2D eigenvalue weighted by Crippen LogP contribution is 2.24. The molecule has 28 heavy (non-hydrogen) atoms. The number of amides is 1. The second kappa shape index (κ2) is 9.34. The first kappa shape index (κ1) is 20.6. The molecule has 6 heteroatoms. The Balaban J connectivity index is 1.66. The first-order valence-electron chi connectivity index (χ1n) is 9.70. The van der Waals surface area contributed by atoms with Crippen LogP contribution in [-0.4, -0.2) is 41.0 Å². The minimum atomic E-state index is -0.0864. The molecule has 1 saturated heterocycles. The van der Waals surface area contributed by atoms with Crippen LogP contribution in [0.2, 0.25) is 0 Å². The summed E-state index contributed by atoms with van der Waals surface area (Å²) >= 11 is 1.60. The molecule has 0 bridgehead atoms. The number of rotatable bonds is 8. The summed E-state index contributed by atoms with van der Waals surface area (Å²) in [5, 5.41) is 10.1. The van der Waals surface area contributed by atoms with Crippen LogP contribution < -0.4 is 0 Å². The van der Waals surface area contributed by atoms with E-state index in [0.717, 1.165) is 34.8 Å². The van der Waals surface area contributed by atoms with E-state index in [9.17, 15) is 14.7 Å². The van der Waals surface area contributed by atoms with Gasteiger partial charge in [-0.2, -0.15) is 0 Å². The summed E-state index contributed by atoms with van der Waals surface area (Å²) in [6.07, 6.45) is 2.30. The summed E-state index contributed by atoms with van der Waals surface area (Å²) in [5.74, 6) is 0.0969. The molecule has 1 fully saturated rings. The van der Waals surface area contributed by atoms with Crippen molar-refractivity contribution in [1.82, 2.24) is 4.90 Å². The average Bonchev–Trinajstić information content (AvgIpc) is 3.29. The van der Waals surface area contributed by atoms with Crippen molar-refractivity contribution in [1.29, 1.82) is 0 Å². The standard InChI is InChI=1S/C22H27NO4S/c1-15-12-19(16(2)28-15)21(25)9-10-22(26)23(14-18-7-5-11-27-18)13-17-6-3-4-8-20(17)24/h3-4,6,8,12,18,24H,5,7,9-11,13-14H2,1-2H3. The zero-order chi connectivity index (χ0) is 20.1. The van der Waals surface area contributed by atoms with Gasteiger partial charge in [0.1, 0.15) is 5.75 Å². The minimum Gasteiger partial charge on any atom is -0.508 e. The van der Waals surface area contributed by atoms with Crippen molar-refractivity contribution >= 4 is 23.0 Å². The Hall–Kier alpha value is -2.18. The third-order valence-corrected chi connectivity index (χ3v) is 6.03. The summed E-state index contributed by atoms with van der Waals surface area (Å²) in [5.41, 5.74) is 1.42. The fraction of sp³-hybridized carbons (Fsp3) is 0.455. The van der Waals surface area contributed by atoms with Gasteiger partial charge in [-0.1, -0.05) is 18.2 Å². The predicted molar refractivity (Wildman–Crippen MR) is 110 cm³/mol.